The summed E-state index contributed by atoms with van der Waals surface area (Å²) in [7, 11) is 0. The second-order valence-corrected chi connectivity index (χ2v) is 8.08. The number of carbonyl (C=O) groups is 2. The molecule has 3 aromatic rings. The molecule has 33 heavy (non-hydrogen) atoms. The predicted octanol–water partition coefficient (Wildman–Crippen LogP) is 5.33. The predicted molar refractivity (Wildman–Crippen MR) is 127 cm³/mol. The lowest BCUT2D eigenvalue weighted by Gasteiger charge is -2.35. The quantitative estimate of drug-likeness (QED) is 0.393. The lowest BCUT2D eigenvalue weighted by Crippen LogP contribution is -2.49. The first-order chi connectivity index (χ1) is 15.9. The summed E-state index contributed by atoms with van der Waals surface area (Å²) < 4.78 is 0. The van der Waals surface area contributed by atoms with Crippen LogP contribution in [0.1, 0.15) is 22.3 Å². The first kappa shape index (κ1) is 22.3. The molecule has 4 rings (SSSR count). The van der Waals surface area contributed by atoms with Crippen molar-refractivity contribution in [3.8, 4) is 0 Å². The summed E-state index contributed by atoms with van der Waals surface area (Å²) in [6, 6.07) is 19.8. The van der Waals surface area contributed by atoms with Gasteiger partial charge < -0.3 is 10.2 Å². The molecular formula is C24H21ClN4O4. The molecule has 168 valence electrons. The third-order valence-electron chi connectivity index (χ3n) is 5.35. The van der Waals surface area contributed by atoms with Crippen LogP contribution in [-0.4, -0.2) is 34.9 Å². The van der Waals surface area contributed by atoms with Gasteiger partial charge in [0.1, 0.15) is 0 Å². The van der Waals surface area contributed by atoms with Gasteiger partial charge in [0.05, 0.1) is 4.92 Å². The number of rotatable bonds is 6. The zero-order valence-corrected chi connectivity index (χ0v) is 18.4. The molecule has 0 aliphatic carbocycles. The van der Waals surface area contributed by atoms with Crippen LogP contribution >= 0.6 is 11.6 Å². The summed E-state index contributed by atoms with van der Waals surface area (Å²) >= 11 is 6.06. The van der Waals surface area contributed by atoms with Crippen LogP contribution in [0.2, 0.25) is 5.02 Å². The Morgan fingerprint density at radius 3 is 2.42 bits per heavy atom. The van der Waals surface area contributed by atoms with Gasteiger partial charge in [-0.05, 0) is 60.5 Å². The van der Waals surface area contributed by atoms with E-state index in [4.69, 9.17) is 11.6 Å². The monoisotopic (exact) mass is 464 g/mol. The van der Waals surface area contributed by atoms with E-state index in [2.05, 4.69) is 5.32 Å². The van der Waals surface area contributed by atoms with Crippen molar-refractivity contribution in [3.63, 3.8) is 0 Å². The smallest absolute Gasteiger partial charge is 0.322 e. The topological polar surface area (TPSA) is 95.8 Å². The van der Waals surface area contributed by atoms with E-state index in [1.165, 1.54) is 24.3 Å². The maximum absolute atomic E-state index is 13.0. The van der Waals surface area contributed by atoms with Crippen molar-refractivity contribution in [2.24, 2.45) is 0 Å². The summed E-state index contributed by atoms with van der Waals surface area (Å²) in [5.74, 6) is -0.376. The van der Waals surface area contributed by atoms with Crippen LogP contribution in [0.3, 0.4) is 0 Å². The molecule has 1 aliphatic heterocycles. The Labute approximate surface area is 195 Å². The van der Waals surface area contributed by atoms with Crippen molar-refractivity contribution in [2.45, 2.75) is 13.0 Å². The van der Waals surface area contributed by atoms with Gasteiger partial charge in [-0.2, -0.15) is 0 Å². The van der Waals surface area contributed by atoms with Crippen LogP contribution in [0.25, 0.3) is 0 Å². The van der Waals surface area contributed by atoms with Crippen LogP contribution in [0.4, 0.5) is 21.9 Å². The number of nitro benzene ring substituents is 1. The largest absolute Gasteiger partial charge is 0.324 e. The molecule has 0 atom stereocenters. The molecule has 1 fully saturated rings. The van der Waals surface area contributed by atoms with Crippen molar-refractivity contribution in [1.82, 2.24) is 4.90 Å². The van der Waals surface area contributed by atoms with Crippen LogP contribution in [0.15, 0.2) is 72.8 Å². The molecule has 9 heteroatoms. The molecule has 0 bridgehead atoms. The third-order valence-corrected chi connectivity index (χ3v) is 5.59. The van der Waals surface area contributed by atoms with Gasteiger partial charge in [-0.1, -0.05) is 23.7 Å². The molecule has 1 N–H and O–H groups in total. The highest BCUT2D eigenvalue weighted by Crippen LogP contribution is 2.24. The van der Waals surface area contributed by atoms with Crippen molar-refractivity contribution >= 4 is 40.6 Å². The van der Waals surface area contributed by atoms with E-state index in [1.807, 2.05) is 18.2 Å². The van der Waals surface area contributed by atoms with Gasteiger partial charge in [-0.25, -0.2) is 4.79 Å². The SMILES string of the molecule is O=C(Nc1ccc(N2CCCN(Cc3cccc(Cl)c3)C2=O)cc1)c1ccc([N+](=O)[O-])cc1. The van der Waals surface area contributed by atoms with E-state index in [9.17, 15) is 19.7 Å². The second kappa shape index (κ2) is 9.70. The number of benzene rings is 3. The summed E-state index contributed by atoms with van der Waals surface area (Å²) in [6.07, 6.45) is 0.838. The van der Waals surface area contributed by atoms with Crippen LogP contribution in [0.5, 0.6) is 0 Å². The standard InChI is InChI=1S/C24H21ClN4O4/c25-19-4-1-3-17(15-19)16-27-13-2-14-28(24(27)31)21-11-7-20(8-12-21)26-23(30)18-5-9-22(10-6-18)29(32)33/h1,3-12,15H,2,13-14,16H2,(H,26,30). The molecular weight excluding hydrogens is 444 g/mol. The third kappa shape index (κ3) is 5.30. The van der Waals surface area contributed by atoms with Gasteiger partial charge in [-0.15, -0.1) is 0 Å². The second-order valence-electron chi connectivity index (χ2n) is 7.64. The molecule has 1 aliphatic rings. The fraction of sp³-hybridized carbons (Fsp3) is 0.167. The molecule has 0 spiro atoms. The Morgan fingerprint density at radius 2 is 1.76 bits per heavy atom. The van der Waals surface area contributed by atoms with Crippen LogP contribution in [0, 0.1) is 10.1 Å². The van der Waals surface area contributed by atoms with Gasteiger partial charge in [0.15, 0.2) is 0 Å². The van der Waals surface area contributed by atoms with Crippen LogP contribution in [-0.2, 0) is 6.54 Å². The average Bonchev–Trinajstić information content (AvgIpc) is 2.81. The summed E-state index contributed by atoms with van der Waals surface area (Å²) in [6.45, 7) is 1.77. The van der Waals surface area contributed by atoms with E-state index >= 15 is 0 Å². The molecule has 3 amide bonds. The maximum Gasteiger partial charge on any atom is 0.324 e. The number of hydrogen-bond acceptors (Lipinski definition) is 4. The Bertz CT molecular complexity index is 1180. The van der Waals surface area contributed by atoms with Crippen LogP contribution < -0.4 is 10.2 Å². The fourth-order valence-corrected chi connectivity index (χ4v) is 3.90. The fourth-order valence-electron chi connectivity index (χ4n) is 3.69. The minimum absolute atomic E-state index is 0.0773. The molecule has 0 unspecified atom stereocenters. The summed E-state index contributed by atoms with van der Waals surface area (Å²) in [5.41, 5.74) is 2.51. The average molecular weight is 465 g/mol. The van der Waals surface area contributed by atoms with Gasteiger partial charge >= 0.3 is 6.03 Å². The van der Waals surface area contributed by atoms with E-state index in [0.717, 1.165) is 17.7 Å². The number of nitrogens with one attached hydrogen (secondary N) is 1. The van der Waals surface area contributed by atoms with Crippen molar-refractivity contribution < 1.29 is 14.5 Å². The Balaban J connectivity index is 1.41. The van der Waals surface area contributed by atoms with Crippen molar-refractivity contribution in [3.05, 3.63) is 99.1 Å². The molecule has 0 aromatic heterocycles. The molecule has 1 saturated heterocycles. The number of hydrogen-bond donors (Lipinski definition) is 1. The summed E-state index contributed by atoms with van der Waals surface area (Å²) in [4.78, 5) is 39.2. The number of nitro groups is 1. The zero-order valence-electron chi connectivity index (χ0n) is 17.6. The number of halogens is 1. The summed E-state index contributed by atoms with van der Waals surface area (Å²) in [5, 5.41) is 14.2. The Morgan fingerprint density at radius 1 is 1.03 bits per heavy atom. The molecule has 8 nitrogen and oxygen atoms in total. The normalized spacial score (nSPS) is 13.7. The Hall–Kier alpha value is -3.91. The van der Waals surface area contributed by atoms with Crippen molar-refractivity contribution in [1.29, 1.82) is 0 Å². The number of nitrogens with zero attached hydrogens (tertiary/aromatic N) is 3. The van der Waals surface area contributed by atoms with E-state index < -0.39 is 4.92 Å². The first-order valence-electron chi connectivity index (χ1n) is 10.4. The number of anilines is 2. The Kier molecular flexibility index (Phi) is 6.55. The maximum atomic E-state index is 13.0. The van der Waals surface area contributed by atoms with Crippen molar-refractivity contribution in [2.75, 3.05) is 23.3 Å². The highest BCUT2D eigenvalue weighted by atomic mass is 35.5. The van der Waals surface area contributed by atoms with Gasteiger partial charge in [0.25, 0.3) is 11.6 Å². The molecule has 1 heterocycles. The van der Waals surface area contributed by atoms with E-state index in [0.29, 0.717) is 35.9 Å². The number of non-ortho nitro benzene ring substituents is 1. The highest BCUT2D eigenvalue weighted by Gasteiger charge is 2.26. The lowest BCUT2D eigenvalue weighted by atomic mass is 10.1. The zero-order chi connectivity index (χ0) is 23.4. The number of amides is 3. The molecule has 0 radical (unpaired) electrons. The van der Waals surface area contributed by atoms with Gasteiger partial charge in [0, 0.05) is 53.7 Å². The van der Waals surface area contributed by atoms with E-state index in [-0.39, 0.29) is 17.6 Å². The number of carbonyl (C=O) groups excluding carboxylic acids is 2. The molecule has 0 saturated carbocycles. The number of urea groups is 1. The molecule has 3 aromatic carbocycles. The lowest BCUT2D eigenvalue weighted by molar-refractivity contribution is -0.384. The van der Waals surface area contributed by atoms with Gasteiger partial charge in [-0.3, -0.25) is 19.8 Å². The van der Waals surface area contributed by atoms with Gasteiger partial charge in [0.2, 0.25) is 0 Å². The first-order valence-corrected chi connectivity index (χ1v) is 10.8. The minimum atomic E-state index is -0.515. The van der Waals surface area contributed by atoms with E-state index in [1.54, 1.807) is 40.1 Å². The highest BCUT2D eigenvalue weighted by molar-refractivity contribution is 6.30. The minimum Gasteiger partial charge on any atom is -0.322 e.